The first-order valence-corrected chi connectivity index (χ1v) is 33.6. The molecular formula is C63H98N18O13S. The van der Waals surface area contributed by atoms with Crippen LogP contribution in [0.1, 0.15) is 121 Å². The van der Waals surface area contributed by atoms with Gasteiger partial charge in [-0.3, -0.25) is 67.3 Å². The van der Waals surface area contributed by atoms with Gasteiger partial charge in [0.25, 0.3) is 0 Å². The van der Waals surface area contributed by atoms with Crippen LogP contribution in [0.4, 0.5) is 0 Å². The van der Waals surface area contributed by atoms with Crippen LogP contribution in [0, 0.1) is 5.92 Å². The van der Waals surface area contributed by atoms with Crippen molar-refractivity contribution in [2.75, 3.05) is 44.7 Å². The molecule has 0 radical (unpaired) electrons. The topological polar surface area (TPSA) is 519 Å². The first-order valence-electron chi connectivity index (χ1n) is 32.2. The zero-order valence-electron chi connectivity index (χ0n) is 54.5. The molecule has 13 amide bonds. The number of unbranched alkanes of at least 4 members (excludes halogenated alkanes) is 1. The van der Waals surface area contributed by atoms with E-state index in [1.54, 1.807) is 60.7 Å². The van der Waals surface area contributed by atoms with Gasteiger partial charge < -0.3 is 92.5 Å². The number of aliphatic imine (C=N–C) groups is 1. The van der Waals surface area contributed by atoms with Crippen molar-refractivity contribution >= 4 is 94.5 Å². The van der Waals surface area contributed by atoms with E-state index in [0.29, 0.717) is 55.4 Å². The van der Waals surface area contributed by atoms with Crippen LogP contribution in [0.25, 0.3) is 0 Å². The highest BCUT2D eigenvalue weighted by molar-refractivity contribution is 7.98. The summed E-state index contributed by atoms with van der Waals surface area (Å²) < 4.78 is 0. The number of hydrogen-bond donors (Lipinski definition) is 15. The van der Waals surface area contributed by atoms with E-state index in [4.69, 9.17) is 40.1 Å². The Labute approximate surface area is 558 Å². The fourth-order valence-electron chi connectivity index (χ4n) is 11.0. The molecule has 0 saturated carbocycles. The first kappa shape index (κ1) is 78.5. The van der Waals surface area contributed by atoms with Gasteiger partial charge in [0.1, 0.15) is 54.4 Å². The van der Waals surface area contributed by atoms with Gasteiger partial charge in [-0.05, 0) is 119 Å². The van der Waals surface area contributed by atoms with Crippen LogP contribution in [-0.4, -0.2) is 198 Å². The van der Waals surface area contributed by atoms with Crippen molar-refractivity contribution in [1.82, 2.24) is 52.3 Å². The van der Waals surface area contributed by atoms with Crippen molar-refractivity contribution in [2.45, 2.75) is 183 Å². The normalized spacial score (nSPS) is 16.8. The van der Waals surface area contributed by atoms with Gasteiger partial charge in [0.15, 0.2) is 5.96 Å². The lowest BCUT2D eigenvalue weighted by Gasteiger charge is -2.32. The van der Waals surface area contributed by atoms with Crippen molar-refractivity contribution in [3.63, 3.8) is 0 Å². The zero-order valence-corrected chi connectivity index (χ0v) is 55.3. The average Bonchev–Trinajstić information content (AvgIpc) is 1.74. The maximum Gasteiger partial charge on any atom is 0.245 e. The highest BCUT2D eigenvalue weighted by atomic mass is 32.2. The maximum atomic E-state index is 14.7. The smallest absolute Gasteiger partial charge is 0.245 e. The molecule has 2 heterocycles. The minimum atomic E-state index is -1.64. The number of rotatable bonds is 42. The molecule has 2 saturated heterocycles. The highest BCUT2D eigenvalue weighted by Gasteiger charge is 2.42. The van der Waals surface area contributed by atoms with Crippen molar-refractivity contribution < 1.29 is 62.3 Å². The summed E-state index contributed by atoms with van der Waals surface area (Å²) in [5, 5.41) is 21.1. The number of carbonyl (C=O) groups excluding carboxylic acids is 13. The molecule has 0 unspecified atom stereocenters. The van der Waals surface area contributed by atoms with Crippen molar-refractivity contribution in [3.05, 3.63) is 71.8 Å². The van der Waals surface area contributed by atoms with Crippen molar-refractivity contribution in [1.29, 1.82) is 0 Å². The van der Waals surface area contributed by atoms with Crippen LogP contribution in [0.15, 0.2) is 65.7 Å². The SMILES string of the molecule is CSCC[C@H](NC(=O)[C@H](CC(C)C)NC(=O)CNC(=O)[C@H](Cc1ccccc1)NC(=O)[C@H](Cc1ccccc1)NC(=O)[C@H](CCC(N)=O)NC(=O)[C@H](CCC(N)=O)NC(=O)[C@@H]1CCCN1C(=O)[C@H](CCCCN)NC(=O)[C@H]1CCCN1C(=O)[C@H](N)CCCN=C(N)N)C(N)=O. The van der Waals surface area contributed by atoms with E-state index in [1.807, 2.05) is 20.1 Å². The molecular weight excluding hydrogens is 1250 g/mol. The van der Waals surface area contributed by atoms with E-state index in [-0.39, 0.29) is 83.0 Å². The summed E-state index contributed by atoms with van der Waals surface area (Å²) in [5.41, 5.74) is 40.6. The number of benzene rings is 2. The van der Waals surface area contributed by atoms with Crippen LogP contribution in [0.3, 0.4) is 0 Å². The van der Waals surface area contributed by atoms with E-state index >= 15 is 0 Å². The molecule has 95 heavy (non-hydrogen) atoms. The highest BCUT2D eigenvalue weighted by Crippen LogP contribution is 2.24. The van der Waals surface area contributed by atoms with Gasteiger partial charge in [-0.15, -0.1) is 0 Å². The molecule has 31 nitrogen and oxygen atoms in total. The van der Waals surface area contributed by atoms with Crippen LogP contribution < -0.4 is 82.7 Å². The Morgan fingerprint density at radius 1 is 0.537 bits per heavy atom. The number of carbonyl (C=O) groups is 13. The number of hydrogen-bond acceptors (Lipinski definition) is 17. The van der Waals surface area contributed by atoms with Crippen LogP contribution in [-0.2, 0) is 75.2 Å². The lowest BCUT2D eigenvalue weighted by atomic mass is 10.0. The number of likely N-dealkylation sites (tertiary alicyclic amines) is 2. The lowest BCUT2D eigenvalue weighted by molar-refractivity contribution is -0.144. The summed E-state index contributed by atoms with van der Waals surface area (Å²) in [7, 11) is 0. The standard InChI is InChI=1S/C63H98N18O13S/c1-37(2)33-45(57(89)74-41(53(68)85)27-32-95-3)73-52(84)36-72-54(86)46(34-38-15-6-4-7-16-38)78-58(90)47(35-39-17-8-5-9-18-39)79-56(88)42(23-25-50(66)82)75-55(87)43(24-26-51(67)83)76-59(91)49-22-14-31-81(49)62(94)44(20-10-11-28-64)77-60(92)48-21-13-30-80(48)61(93)40(65)19-12-29-71-63(69)70/h4-9,15-18,37,40-49H,10-14,19-36,64-65H2,1-3H3,(H2,66,82)(H2,67,83)(H2,68,85)(H,72,86)(H,73,84)(H,74,89)(H,75,87)(H,76,91)(H,77,92)(H,78,90)(H,79,88)(H4,69,70,71)/t40-,41+,42+,43+,44+,45+,46+,47+,48-,49+/m1/s1. The number of amides is 13. The summed E-state index contributed by atoms with van der Waals surface area (Å²) in [6, 6.07) is 4.51. The Morgan fingerprint density at radius 3 is 1.51 bits per heavy atom. The average molecular weight is 1350 g/mol. The monoisotopic (exact) mass is 1350 g/mol. The van der Waals surface area contributed by atoms with Gasteiger partial charge in [0.05, 0.1) is 12.6 Å². The van der Waals surface area contributed by atoms with Crippen LogP contribution in [0.2, 0.25) is 0 Å². The van der Waals surface area contributed by atoms with E-state index in [9.17, 15) is 62.3 Å². The summed E-state index contributed by atoms with van der Waals surface area (Å²) >= 11 is 1.45. The third-order valence-electron chi connectivity index (χ3n) is 16.0. The van der Waals surface area contributed by atoms with E-state index in [2.05, 4.69) is 47.5 Å². The fourth-order valence-corrected chi connectivity index (χ4v) is 11.5. The lowest BCUT2D eigenvalue weighted by Crippen LogP contribution is -2.60. The Morgan fingerprint density at radius 2 is 1.01 bits per heavy atom. The van der Waals surface area contributed by atoms with Gasteiger partial charge >= 0.3 is 0 Å². The molecule has 10 atom stereocenters. The predicted octanol–water partition coefficient (Wildman–Crippen LogP) is -3.71. The molecule has 0 spiro atoms. The van der Waals surface area contributed by atoms with Crippen LogP contribution in [0.5, 0.6) is 0 Å². The Kier molecular flexibility index (Phi) is 33.9. The maximum absolute atomic E-state index is 14.7. The molecule has 32 heteroatoms. The minimum absolute atomic E-state index is 0.0736. The number of nitrogens with one attached hydrogen (secondary N) is 8. The molecule has 2 aromatic carbocycles. The summed E-state index contributed by atoms with van der Waals surface area (Å²) in [6.45, 7) is 3.86. The molecule has 0 aliphatic carbocycles. The van der Waals surface area contributed by atoms with E-state index in [0.717, 1.165) is 0 Å². The van der Waals surface area contributed by atoms with Crippen molar-refractivity contribution in [2.24, 2.45) is 51.0 Å². The van der Waals surface area contributed by atoms with Gasteiger partial charge in [0.2, 0.25) is 76.8 Å². The quantitative estimate of drug-likeness (QED) is 0.0173. The van der Waals surface area contributed by atoms with E-state index in [1.165, 1.54) is 21.6 Å². The molecule has 4 rings (SSSR count). The second-order valence-corrected chi connectivity index (χ2v) is 25.1. The Bertz CT molecular complexity index is 2960. The van der Waals surface area contributed by atoms with Gasteiger partial charge in [-0.25, -0.2) is 0 Å². The number of thioether (sulfide) groups is 1. The third kappa shape index (κ3) is 27.5. The Balaban J connectivity index is 1.56. The van der Waals surface area contributed by atoms with Gasteiger partial charge in [-0.2, -0.15) is 11.8 Å². The summed E-state index contributed by atoms with van der Waals surface area (Å²) in [4.78, 5) is 185. The van der Waals surface area contributed by atoms with Gasteiger partial charge in [-0.1, -0.05) is 74.5 Å². The minimum Gasteiger partial charge on any atom is -0.370 e. The molecule has 524 valence electrons. The van der Waals surface area contributed by atoms with Crippen LogP contribution >= 0.6 is 11.8 Å². The van der Waals surface area contributed by atoms with Crippen molar-refractivity contribution in [3.8, 4) is 0 Å². The molecule has 2 aliphatic heterocycles. The largest absolute Gasteiger partial charge is 0.370 e. The second kappa shape index (κ2) is 41.0. The molecule has 0 bridgehead atoms. The molecule has 2 aliphatic rings. The third-order valence-corrected chi connectivity index (χ3v) is 16.7. The molecule has 2 fully saturated rings. The second-order valence-electron chi connectivity index (χ2n) is 24.1. The number of nitrogens with two attached hydrogens (primary N) is 7. The fraction of sp³-hybridized carbons (Fsp3) is 0.587. The first-order chi connectivity index (χ1) is 45.2. The summed E-state index contributed by atoms with van der Waals surface area (Å²) in [6.07, 6.45) is 3.12. The molecule has 22 N–H and O–H groups in total. The zero-order chi connectivity index (χ0) is 70.1. The summed E-state index contributed by atoms with van der Waals surface area (Å²) in [5.74, 6) is -9.80. The molecule has 2 aromatic rings. The van der Waals surface area contributed by atoms with E-state index < -0.39 is 169 Å². The van der Waals surface area contributed by atoms with Gasteiger partial charge in [0, 0.05) is 45.3 Å². The number of nitrogens with zero attached hydrogens (tertiary/aromatic N) is 3. The number of guanidine groups is 1. The Hall–Kier alpha value is -8.91. The number of primary amides is 3. The molecule has 0 aromatic heterocycles. The predicted molar refractivity (Wildman–Crippen MR) is 356 cm³/mol.